The number of benzene rings is 1. The van der Waals surface area contributed by atoms with Crippen molar-refractivity contribution < 1.29 is 14.3 Å². The second kappa shape index (κ2) is 6.09. The van der Waals surface area contributed by atoms with E-state index >= 15 is 0 Å². The van der Waals surface area contributed by atoms with Crippen molar-refractivity contribution in [2.75, 3.05) is 7.11 Å². The van der Waals surface area contributed by atoms with Crippen LogP contribution in [0, 0.1) is 5.92 Å². The summed E-state index contributed by atoms with van der Waals surface area (Å²) in [5, 5.41) is 0. The van der Waals surface area contributed by atoms with Crippen molar-refractivity contribution in [1.29, 1.82) is 0 Å². The normalized spacial score (nSPS) is 22.9. The van der Waals surface area contributed by atoms with Gasteiger partial charge in [0.15, 0.2) is 17.3 Å². The average Bonchev–Trinajstić information content (AvgIpc) is 2.41. The Hall–Kier alpha value is -1.51. The summed E-state index contributed by atoms with van der Waals surface area (Å²) in [5.74, 6) is 2.05. The molecule has 0 aromatic heterocycles. The Morgan fingerprint density at radius 3 is 2.47 bits per heavy atom. The van der Waals surface area contributed by atoms with Gasteiger partial charge in [-0.2, -0.15) is 0 Å². The lowest BCUT2D eigenvalue weighted by Gasteiger charge is -2.28. The van der Waals surface area contributed by atoms with Crippen molar-refractivity contribution in [2.24, 2.45) is 5.92 Å². The lowest BCUT2D eigenvalue weighted by Crippen LogP contribution is -2.24. The van der Waals surface area contributed by atoms with Crippen LogP contribution in [0.25, 0.3) is 0 Å². The fourth-order valence-corrected chi connectivity index (χ4v) is 2.59. The van der Waals surface area contributed by atoms with Crippen LogP contribution in [0.3, 0.4) is 0 Å². The summed E-state index contributed by atoms with van der Waals surface area (Å²) >= 11 is 0. The van der Waals surface area contributed by atoms with Gasteiger partial charge >= 0.3 is 0 Å². The van der Waals surface area contributed by atoms with E-state index in [0.29, 0.717) is 17.1 Å². The van der Waals surface area contributed by atoms with Crippen molar-refractivity contribution in [3.63, 3.8) is 0 Å². The predicted octanol–water partition coefficient (Wildman–Crippen LogP) is 3.86. The molecule has 0 radical (unpaired) electrons. The molecule has 0 heterocycles. The van der Waals surface area contributed by atoms with Crippen molar-refractivity contribution in [3.8, 4) is 11.5 Å². The number of para-hydroxylation sites is 1. The van der Waals surface area contributed by atoms with Crippen LogP contribution >= 0.6 is 0 Å². The van der Waals surface area contributed by atoms with E-state index < -0.39 is 0 Å². The third kappa shape index (κ3) is 3.28. The highest BCUT2D eigenvalue weighted by atomic mass is 16.5. The van der Waals surface area contributed by atoms with Gasteiger partial charge in [-0.3, -0.25) is 4.79 Å². The molecule has 0 saturated heterocycles. The lowest BCUT2D eigenvalue weighted by atomic mass is 9.89. The van der Waals surface area contributed by atoms with E-state index in [2.05, 4.69) is 6.92 Å². The third-order valence-corrected chi connectivity index (χ3v) is 3.83. The quantitative estimate of drug-likeness (QED) is 0.773. The van der Waals surface area contributed by atoms with Gasteiger partial charge < -0.3 is 9.47 Å². The van der Waals surface area contributed by atoms with E-state index in [1.54, 1.807) is 20.1 Å². The van der Waals surface area contributed by atoms with Crippen LogP contribution in [0.2, 0.25) is 0 Å². The van der Waals surface area contributed by atoms with E-state index in [0.717, 1.165) is 18.8 Å². The van der Waals surface area contributed by atoms with Gasteiger partial charge in [0.05, 0.1) is 18.8 Å². The zero-order chi connectivity index (χ0) is 13.8. The van der Waals surface area contributed by atoms with Crippen molar-refractivity contribution >= 4 is 5.78 Å². The number of hydrogen-bond donors (Lipinski definition) is 0. The minimum atomic E-state index is 0.0121. The number of Topliss-reactive ketones (excluding diaryl/α,β-unsaturated/α-hetero) is 1. The van der Waals surface area contributed by atoms with E-state index in [9.17, 15) is 4.79 Å². The highest BCUT2D eigenvalue weighted by Crippen LogP contribution is 2.35. The summed E-state index contributed by atoms with van der Waals surface area (Å²) in [6.07, 6.45) is 4.68. The van der Waals surface area contributed by atoms with Gasteiger partial charge in [0.25, 0.3) is 0 Å². The average molecular weight is 262 g/mol. The minimum Gasteiger partial charge on any atom is -0.493 e. The fraction of sp³-hybridized carbons (Fsp3) is 0.562. The topological polar surface area (TPSA) is 35.5 Å². The molecule has 1 aliphatic rings. The molecule has 0 amide bonds. The zero-order valence-electron chi connectivity index (χ0n) is 11.9. The third-order valence-electron chi connectivity index (χ3n) is 3.83. The zero-order valence-corrected chi connectivity index (χ0v) is 11.9. The largest absolute Gasteiger partial charge is 0.493 e. The highest BCUT2D eigenvalue weighted by Gasteiger charge is 2.23. The fourth-order valence-electron chi connectivity index (χ4n) is 2.59. The summed E-state index contributed by atoms with van der Waals surface area (Å²) in [6.45, 7) is 3.84. The maximum absolute atomic E-state index is 11.7. The molecule has 104 valence electrons. The molecule has 3 nitrogen and oxygen atoms in total. The van der Waals surface area contributed by atoms with Crippen LogP contribution in [0.1, 0.15) is 49.9 Å². The summed E-state index contributed by atoms with van der Waals surface area (Å²) in [6, 6.07) is 5.46. The Bertz CT molecular complexity index is 445. The van der Waals surface area contributed by atoms with E-state index in [-0.39, 0.29) is 11.9 Å². The van der Waals surface area contributed by atoms with Crippen molar-refractivity contribution in [3.05, 3.63) is 23.8 Å². The van der Waals surface area contributed by atoms with Gasteiger partial charge in [0, 0.05) is 0 Å². The summed E-state index contributed by atoms with van der Waals surface area (Å²) in [7, 11) is 1.61. The molecule has 0 spiro atoms. The first-order valence-electron chi connectivity index (χ1n) is 6.96. The van der Waals surface area contributed by atoms with Crippen molar-refractivity contribution in [1.82, 2.24) is 0 Å². The second-order valence-corrected chi connectivity index (χ2v) is 5.39. The van der Waals surface area contributed by atoms with Crippen LogP contribution in [0.5, 0.6) is 11.5 Å². The minimum absolute atomic E-state index is 0.0121. The van der Waals surface area contributed by atoms with E-state index in [4.69, 9.17) is 9.47 Å². The number of carbonyl (C=O) groups is 1. The molecular weight excluding hydrogens is 240 g/mol. The first-order chi connectivity index (χ1) is 9.11. The summed E-state index contributed by atoms with van der Waals surface area (Å²) < 4.78 is 11.4. The number of carbonyl (C=O) groups excluding carboxylic acids is 1. The molecule has 0 unspecified atom stereocenters. The van der Waals surface area contributed by atoms with E-state index in [1.807, 2.05) is 12.1 Å². The van der Waals surface area contributed by atoms with Crippen LogP contribution in [-0.2, 0) is 0 Å². The maximum atomic E-state index is 11.7. The molecule has 0 N–H and O–H groups in total. The van der Waals surface area contributed by atoms with E-state index in [1.165, 1.54) is 12.8 Å². The molecule has 19 heavy (non-hydrogen) atoms. The molecule has 2 rings (SSSR count). The Morgan fingerprint density at radius 2 is 1.89 bits per heavy atom. The van der Waals surface area contributed by atoms with Gasteiger partial charge in [0.1, 0.15) is 0 Å². The molecule has 1 saturated carbocycles. The second-order valence-electron chi connectivity index (χ2n) is 5.39. The van der Waals surface area contributed by atoms with Gasteiger partial charge in [0.2, 0.25) is 0 Å². The Morgan fingerprint density at radius 1 is 1.21 bits per heavy atom. The molecule has 3 heteroatoms. The first kappa shape index (κ1) is 13.9. The molecule has 1 aliphatic carbocycles. The van der Waals surface area contributed by atoms with Crippen LogP contribution < -0.4 is 9.47 Å². The standard InChI is InChI=1S/C16H22O3/c1-11-7-9-13(10-8-11)19-16-14(12(2)17)5-4-6-15(16)18-3/h4-6,11,13H,7-10H2,1-3H3. The van der Waals surface area contributed by atoms with Crippen LogP contribution in [0.15, 0.2) is 18.2 Å². The number of rotatable bonds is 4. The van der Waals surface area contributed by atoms with Gasteiger partial charge in [-0.1, -0.05) is 13.0 Å². The number of hydrogen-bond acceptors (Lipinski definition) is 3. The SMILES string of the molecule is COc1cccc(C(C)=O)c1OC1CCC(C)CC1. The number of ketones is 1. The van der Waals surface area contributed by atoms with Gasteiger partial charge in [-0.15, -0.1) is 0 Å². The molecule has 1 aromatic carbocycles. The van der Waals surface area contributed by atoms with Crippen LogP contribution in [-0.4, -0.2) is 19.0 Å². The lowest BCUT2D eigenvalue weighted by molar-refractivity contribution is 0.0992. The highest BCUT2D eigenvalue weighted by molar-refractivity contribution is 5.97. The molecule has 0 bridgehead atoms. The molecule has 0 aliphatic heterocycles. The summed E-state index contributed by atoms with van der Waals surface area (Å²) in [5.41, 5.74) is 0.609. The Labute approximate surface area is 114 Å². The van der Waals surface area contributed by atoms with Gasteiger partial charge in [-0.05, 0) is 50.7 Å². The maximum Gasteiger partial charge on any atom is 0.172 e. The number of methoxy groups -OCH3 is 1. The molecule has 1 aromatic rings. The molecular formula is C16H22O3. The summed E-state index contributed by atoms with van der Waals surface area (Å²) in [4.78, 5) is 11.7. The van der Waals surface area contributed by atoms with Crippen molar-refractivity contribution in [2.45, 2.75) is 45.6 Å². The first-order valence-corrected chi connectivity index (χ1v) is 6.96. The monoisotopic (exact) mass is 262 g/mol. The molecule has 0 atom stereocenters. The smallest absolute Gasteiger partial charge is 0.172 e. The van der Waals surface area contributed by atoms with Crippen LogP contribution in [0.4, 0.5) is 0 Å². The molecule has 1 fully saturated rings. The Kier molecular flexibility index (Phi) is 4.46. The van der Waals surface area contributed by atoms with Gasteiger partial charge in [-0.25, -0.2) is 0 Å². The Balaban J connectivity index is 2.20. The predicted molar refractivity (Wildman–Crippen MR) is 75.0 cm³/mol. The number of ether oxygens (including phenoxy) is 2.